The van der Waals surface area contributed by atoms with Crippen LogP contribution in [0, 0.1) is 5.92 Å². The van der Waals surface area contributed by atoms with Gasteiger partial charge in [-0.05, 0) is 24.5 Å². The van der Waals surface area contributed by atoms with Gasteiger partial charge in [0.05, 0.1) is 0 Å². The molecule has 0 atom stereocenters. The maximum atomic E-state index is 12.1. The molecule has 1 aliphatic carbocycles. The smallest absolute Gasteiger partial charge is 0.226 e. The lowest BCUT2D eigenvalue weighted by atomic mass is 9.86. The van der Waals surface area contributed by atoms with Crippen molar-refractivity contribution >= 4 is 11.6 Å². The van der Waals surface area contributed by atoms with E-state index in [2.05, 4.69) is 0 Å². The highest BCUT2D eigenvalue weighted by Crippen LogP contribution is 2.28. The van der Waals surface area contributed by atoms with Crippen LogP contribution in [-0.2, 0) is 4.79 Å². The predicted molar refractivity (Wildman–Crippen MR) is 77.3 cm³/mol. The summed E-state index contributed by atoms with van der Waals surface area (Å²) in [5.41, 5.74) is 0.758. The van der Waals surface area contributed by atoms with Crippen LogP contribution >= 0.6 is 0 Å². The Hall–Kier alpha value is -1.51. The first-order chi connectivity index (χ1) is 9.16. The highest BCUT2D eigenvalue weighted by molar-refractivity contribution is 5.92. The molecule has 1 aliphatic rings. The van der Waals surface area contributed by atoms with Gasteiger partial charge in [0.25, 0.3) is 0 Å². The molecule has 1 aromatic carbocycles. The van der Waals surface area contributed by atoms with Crippen LogP contribution in [-0.4, -0.2) is 18.1 Å². The number of hydrogen-bond donors (Lipinski definition) is 1. The zero-order valence-corrected chi connectivity index (χ0v) is 11.6. The van der Waals surface area contributed by atoms with Gasteiger partial charge in [0.1, 0.15) is 5.75 Å². The number of phenolic OH excluding ortho intramolecular Hbond substituents is 1. The van der Waals surface area contributed by atoms with E-state index in [0.29, 0.717) is 6.42 Å². The van der Waals surface area contributed by atoms with Gasteiger partial charge in [-0.3, -0.25) is 4.79 Å². The monoisotopic (exact) mass is 261 g/mol. The van der Waals surface area contributed by atoms with Crippen LogP contribution in [0.15, 0.2) is 24.3 Å². The summed E-state index contributed by atoms with van der Waals surface area (Å²) in [6, 6.07) is 6.84. The third-order valence-corrected chi connectivity index (χ3v) is 4.08. The molecular weight excluding hydrogens is 238 g/mol. The second-order valence-electron chi connectivity index (χ2n) is 5.52. The molecule has 3 heteroatoms. The molecule has 1 saturated carbocycles. The van der Waals surface area contributed by atoms with Crippen molar-refractivity contribution in [2.24, 2.45) is 5.92 Å². The van der Waals surface area contributed by atoms with E-state index in [1.54, 1.807) is 30.1 Å². The molecule has 0 aliphatic heterocycles. The number of amides is 1. The number of rotatable bonds is 4. The number of carbonyl (C=O) groups excluding carboxylic acids is 1. The number of hydrogen-bond acceptors (Lipinski definition) is 2. The van der Waals surface area contributed by atoms with E-state index in [1.807, 2.05) is 6.07 Å². The summed E-state index contributed by atoms with van der Waals surface area (Å²) >= 11 is 0. The fourth-order valence-corrected chi connectivity index (χ4v) is 2.82. The first kappa shape index (κ1) is 13.9. The van der Waals surface area contributed by atoms with E-state index in [1.165, 1.54) is 32.1 Å². The molecule has 0 unspecified atom stereocenters. The highest BCUT2D eigenvalue weighted by Gasteiger charge is 2.17. The molecule has 19 heavy (non-hydrogen) atoms. The number of carbonyl (C=O) groups is 1. The molecular formula is C16H23NO2. The number of phenols is 1. The Balaban J connectivity index is 1.85. The van der Waals surface area contributed by atoms with Crippen molar-refractivity contribution in [1.82, 2.24) is 0 Å². The van der Waals surface area contributed by atoms with Crippen LogP contribution in [0.2, 0.25) is 0 Å². The molecule has 0 radical (unpaired) electrons. The Morgan fingerprint density at radius 3 is 2.74 bits per heavy atom. The normalized spacial score (nSPS) is 16.3. The molecule has 3 nitrogen and oxygen atoms in total. The summed E-state index contributed by atoms with van der Waals surface area (Å²) in [6.07, 6.45) is 8.17. The van der Waals surface area contributed by atoms with Crippen molar-refractivity contribution in [3.05, 3.63) is 24.3 Å². The highest BCUT2D eigenvalue weighted by atomic mass is 16.3. The van der Waals surface area contributed by atoms with Crippen LogP contribution in [0.3, 0.4) is 0 Å². The standard InChI is InChI=1S/C16H23NO2/c1-17(14-8-5-9-15(18)12-14)16(19)11-10-13-6-3-2-4-7-13/h5,8-9,12-13,18H,2-4,6-7,10-11H2,1H3. The molecule has 0 spiro atoms. The van der Waals surface area contributed by atoms with Gasteiger partial charge in [-0.25, -0.2) is 0 Å². The number of benzene rings is 1. The van der Waals surface area contributed by atoms with E-state index in [-0.39, 0.29) is 11.7 Å². The molecule has 1 fully saturated rings. The molecule has 1 N–H and O–H groups in total. The van der Waals surface area contributed by atoms with Gasteiger partial charge in [0.15, 0.2) is 0 Å². The van der Waals surface area contributed by atoms with E-state index in [4.69, 9.17) is 0 Å². The van der Waals surface area contributed by atoms with E-state index in [0.717, 1.165) is 18.0 Å². The predicted octanol–water partition coefficient (Wildman–Crippen LogP) is 3.72. The average Bonchev–Trinajstić information content (AvgIpc) is 2.45. The van der Waals surface area contributed by atoms with Crippen LogP contribution < -0.4 is 4.90 Å². The van der Waals surface area contributed by atoms with Crippen LogP contribution in [0.5, 0.6) is 5.75 Å². The topological polar surface area (TPSA) is 40.5 Å². The molecule has 0 bridgehead atoms. The summed E-state index contributed by atoms with van der Waals surface area (Å²) < 4.78 is 0. The summed E-state index contributed by atoms with van der Waals surface area (Å²) in [4.78, 5) is 13.8. The van der Waals surface area contributed by atoms with Crippen molar-refractivity contribution in [3.8, 4) is 5.75 Å². The second-order valence-corrected chi connectivity index (χ2v) is 5.52. The first-order valence-electron chi connectivity index (χ1n) is 7.22. The summed E-state index contributed by atoms with van der Waals surface area (Å²) in [5, 5.41) is 9.44. The summed E-state index contributed by atoms with van der Waals surface area (Å²) in [5.74, 6) is 1.07. The average molecular weight is 261 g/mol. The third kappa shape index (κ3) is 3.98. The largest absolute Gasteiger partial charge is 0.508 e. The molecule has 0 aromatic heterocycles. The second kappa shape index (κ2) is 6.60. The Kier molecular flexibility index (Phi) is 4.83. The molecule has 0 heterocycles. The lowest BCUT2D eigenvalue weighted by molar-refractivity contribution is -0.118. The molecule has 1 aromatic rings. The number of nitrogens with zero attached hydrogens (tertiary/aromatic N) is 1. The van der Waals surface area contributed by atoms with Crippen LogP contribution in [0.4, 0.5) is 5.69 Å². The number of anilines is 1. The van der Waals surface area contributed by atoms with Gasteiger partial charge >= 0.3 is 0 Å². The van der Waals surface area contributed by atoms with Gasteiger partial charge < -0.3 is 10.0 Å². The van der Waals surface area contributed by atoms with Gasteiger partial charge in [0, 0.05) is 25.2 Å². The summed E-state index contributed by atoms with van der Waals surface area (Å²) in [6.45, 7) is 0. The van der Waals surface area contributed by atoms with Crippen molar-refractivity contribution in [2.75, 3.05) is 11.9 Å². The van der Waals surface area contributed by atoms with Gasteiger partial charge in [0.2, 0.25) is 5.91 Å². The van der Waals surface area contributed by atoms with Gasteiger partial charge in [-0.15, -0.1) is 0 Å². The SMILES string of the molecule is CN(C(=O)CCC1CCCCC1)c1cccc(O)c1. The van der Waals surface area contributed by atoms with Crippen LogP contribution in [0.25, 0.3) is 0 Å². The molecule has 0 saturated heterocycles. The number of aromatic hydroxyl groups is 1. The Bertz CT molecular complexity index is 425. The lowest BCUT2D eigenvalue weighted by Gasteiger charge is -2.23. The zero-order valence-electron chi connectivity index (χ0n) is 11.6. The Morgan fingerprint density at radius 1 is 1.32 bits per heavy atom. The van der Waals surface area contributed by atoms with Crippen LogP contribution in [0.1, 0.15) is 44.9 Å². The van der Waals surface area contributed by atoms with Crippen molar-refractivity contribution in [3.63, 3.8) is 0 Å². The minimum Gasteiger partial charge on any atom is -0.508 e. The van der Waals surface area contributed by atoms with E-state index in [9.17, 15) is 9.90 Å². The maximum absolute atomic E-state index is 12.1. The molecule has 2 rings (SSSR count). The minimum atomic E-state index is 0.135. The molecule has 1 amide bonds. The lowest BCUT2D eigenvalue weighted by Crippen LogP contribution is -2.26. The van der Waals surface area contributed by atoms with Gasteiger partial charge in [-0.1, -0.05) is 38.2 Å². The Labute approximate surface area is 115 Å². The van der Waals surface area contributed by atoms with E-state index >= 15 is 0 Å². The van der Waals surface area contributed by atoms with Gasteiger partial charge in [-0.2, -0.15) is 0 Å². The maximum Gasteiger partial charge on any atom is 0.226 e. The third-order valence-electron chi connectivity index (χ3n) is 4.08. The fraction of sp³-hybridized carbons (Fsp3) is 0.562. The molecule has 104 valence electrons. The van der Waals surface area contributed by atoms with Crippen molar-refractivity contribution < 1.29 is 9.90 Å². The quantitative estimate of drug-likeness (QED) is 0.897. The fourth-order valence-electron chi connectivity index (χ4n) is 2.82. The minimum absolute atomic E-state index is 0.135. The van der Waals surface area contributed by atoms with Crippen molar-refractivity contribution in [2.45, 2.75) is 44.9 Å². The Morgan fingerprint density at radius 2 is 2.05 bits per heavy atom. The zero-order chi connectivity index (χ0) is 13.7. The van der Waals surface area contributed by atoms with E-state index < -0.39 is 0 Å². The first-order valence-corrected chi connectivity index (χ1v) is 7.22. The van der Waals surface area contributed by atoms with Crippen molar-refractivity contribution in [1.29, 1.82) is 0 Å². The summed E-state index contributed by atoms with van der Waals surface area (Å²) in [7, 11) is 1.78.